The summed E-state index contributed by atoms with van der Waals surface area (Å²) in [6.45, 7) is 1.36. The Morgan fingerprint density at radius 2 is 1.43 bits per heavy atom. The lowest BCUT2D eigenvalue weighted by Gasteiger charge is -2.17. The number of hydrogen-bond acceptors (Lipinski definition) is 1. The molecule has 2 rings (SSSR count). The first-order chi connectivity index (χ1) is 10.2. The molecule has 0 radical (unpaired) electrons. The number of benzene rings is 1. The zero-order valence-electron chi connectivity index (χ0n) is 11.4. The van der Waals surface area contributed by atoms with Crippen LogP contribution in [0.1, 0.15) is 24.5 Å². The third-order valence-corrected chi connectivity index (χ3v) is 4.71. The molecule has 0 saturated heterocycles. The lowest BCUT2D eigenvalue weighted by Crippen LogP contribution is -2.26. The Hall–Kier alpha value is -1.15. The lowest BCUT2D eigenvalue weighted by atomic mass is 10.1. The smallest absolute Gasteiger partial charge is 0.325 e. The third-order valence-electron chi connectivity index (χ3n) is 3.60. The molecular formula is C13H9Cl2F6NO. The van der Waals surface area contributed by atoms with Crippen molar-refractivity contribution in [2.24, 2.45) is 5.41 Å². The second-order valence-electron chi connectivity index (χ2n) is 5.46. The van der Waals surface area contributed by atoms with Gasteiger partial charge in [-0.15, -0.1) is 23.2 Å². The molecule has 1 N–H and O–H groups in total. The molecular weight excluding hydrogens is 371 g/mol. The minimum atomic E-state index is -4.99. The molecule has 0 spiro atoms. The molecule has 2 nitrogen and oxygen atoms in total. The monoisotopic (exact) mass is 379 g/mol. The molecule has 23 heavy (non-hydrogen) atoms. The molecule has 1 fully saturated rings. The van der Waals surface area contributed by atoms with E-state index >= 15 is 0 Å². The summed E-state index contributed by atoms with van der Waals surface area (Å²) in [5, 5.41) is 2.02. The minimum absolute atomic E-state index is 0.0259. The number of alkyl halides is 8. The van der Waals surface area contributed by atoms with E-state index in [1.165, 1.54) is 6.92 Å². The highest BCUT2D eigenvalue weighted by Gasteiger charge is 2.67. The van der Waals surface area contributed by atoms with Gasteiger partial charge in [-0.05, 0) is 31.5 Å². The van der Waals surface area contributed by atoms with E-state index in [1.54, 1.807) is 0 Å². The zero-order chi connectivity index (χ0) is 17.8. The molecule has 0 aromatic heterocycles. The van der Waals surface area contributed by atoms with Crippen LogP contribution < -0.4 is 5.32 Å². The van der Waals surface area contributed by atoms with E-state index in [1.807, 2.05) is 5.32 Å². The average Bonchev–Trinajstić information content (AvgIpc) is 2.87. The molecule has 0 aliphatic heterocycles. The van der Waals surface area contributed by atoms with E-state index in [9.17, 15) is 31.1 Å². The molecule has 1 amide bonds. The molecule has 1 aliphatic carbocycles. The summed E-state index contributed by atoms with van der Waals surface area (Å²) < 4.78 is 74.9. The Balaban J connectivity index is 2.37. The molecule has 128 valence electrons. The Morgan fingerprint density at radius 1 is 1.04 bits per heavy atom. The van der Waals surface area contributed by atoms with Crippen LogP contribution in [0.25, 0.3) is 0 Å². The molecule has 10 heteroatoms. The summed E-state index contributed by atoms with van der Waals surface area (Å²) in [4.78, 5) is 12.0. The van der Waals surface area contributed by atoms with Crippen molar-refractivity contribution in [3.8, 4) is 0 Å². The lowest BCUT2D eigenvalue weighted by molar-refractivity contribution is -0.143. The number of amides is 1. The third kappa shape index (κ3) is 3.52. The van der Waals surface area contributed by atoms with Gasteiger partial charge in [0, 0.05) is 5.69 Å². The van der Waals surface area contributed by atoms with Crippen molar-refractivity contribution < 1.29 is 31.1 Å². The van der Waals surface area contributed by atoms with Gasteiger partial charge in [0.05, 0.1) is 16.5 Å². The van der Waals surface area contributed by atoms with E-state index in [-0.39, 0.29) is 12.5 Å². The van der Waals surface area contributed by atoms with Gasteiger partial charge in [0.25, 0.3) is 0 Å². The molecule has 1 aromatic rings. The maximum atomic E-state index is 12.7. The van der Waals surface area contributed by atoms with Crippen molar-refractivity contribution in [2.45, 2.75) is 30.0 Å². The van der Waals surface area contributed by atoms with E-state index in [4.69, 9.17) is 23.2 Å². The van der Waals surface area contributed by atoms with Crippen LogP contribution in [0.2, 0.25) is 0 Å². The van der Waals surface area contributed by atoms with Gasteiger partial charge < -0.3 is 5.32 Å². The van der Waals surface area contributed by atoms with Crippen LogP contribution in [0.15, 0.2) is 18.2 Å². The van der Waals surface area contributed by atoms with Crippen molar-refractivity contribution in [3.63, 3.8) is 0 Å². The van der Waals surface area contributed by atoms with E-state index in [2.05, 4.69) is 0 Å². The van der Waals surface area contributed by atoms with Gasteiger partial charge in [-0.3, -0.25) is 4.79 Å². The Labute approximate surface area is 136 Å². The van der Waals surface area contributed by atoms with Crippen LogP contribution in [0.4, 0.5) is 32.0 Å². The van der Waals surface area contributed by atoms with Crippen LogP contribution in [-0.4, -0.2) is 10.2 Å². The zero-order valence-corrected chi connectivity index (χ0v) is 12.9. The van der Waals surface area contributed by atoms with Crippen molar-refractivity contribution in [1.82, 2.24) is 0 Å². The van der Waals surface area contributed by atoms with Gasteiger partial charge in [0.2, 0.25) is 5.91 Å². The Bertz CT molecular complexity index is 623. The highest BCUT2D eigenvalue weighted by Crippen LogP contribution is 2.64. The van der Waals surface area contributed by atoms with E-state index in [0.717, 1.165) is 0 Å². The van der Waals surface area contributed by atoms with Crippen LogP contribution in [0.3, 0.4) is 0 Å². The maximum absolute atomic E-state index is 12.7. The van der Waals surface area contributed by atoms with Gasteiger partial charge in [0.15, 0.2) is 0 Å². The minimum Gasteiger partial charge on any atom is -0.325 e. The number of carbonyl (C=O) groups is 1. The number of carbonyl (C=O) groups excluding carboxylic acids is 1. The fraction of sp³-hybridized carbons (Fsp3) is 0.462. The van der Waals surface area contributed by atoms with Gasteiger partial charge in [-0.2, -0.15) is 26.3 Å². The standard InChI is InChI=1S/C13H9Cl2F6NO/c1-10(5-11(10,14)15)9(23)22-8-3-6(12(16,17)18)2-7(4-8)13(19,20)21/h2-4H,5H2,1H3,(H,22,23)/t10-/m1/s1. The van der Waals surface area contributed by atoms with Gasteiger partial charge in [-0.25, -0.2) is 0 Å². The largest absolute Gasteiger partial charge is 0.416 e. The SMILES string of the molecule is C[C@]1(C(=O)Nc2cc(C(F)(F)F)cc(C(F)(F)F)c2)CC1(Cl)Cl. The van der Waals surface area contributed by atoms with Crippen LogP contribution in [-0.2, 0) is 17.1 Å². The first-order valence-electron chi connectivity index (χ1n) is 6.16. The topological polar surface area (TPSA) is 29.1 Å². The second kappa shape index (κ2) is 5.17. The molecule has 0 unspecified atom stereocenters. The number of halogens is 8. The quantitative estimate of drug-likeness (QED) is 0.552. The number of hydrogen-bond donors (Lipinski definition) is 1. The predicted molar refractivity (Wildman–Crippen MR) is 72.2 cm³/mol. The molecule has 0 heterocycles. The predicted octanol–water partition coefficient (Wildman–Crippen LogP) is 5.25. The Kier molecular flexibility index (Phi) is 4.09. The fourth-order valence-electron chi connectivity index (χ4n) is 1.94. The van der Waals surface area contributed by atoms with Crippen molar-refractivity contribution in [1.29, 1.82) is 0 Å². The summed E-state index contributed by atoms with van der Waals surface area (Å²) in [5.74, 6) is -0.852. The van der Waals surface area contributed by atoms with Crippen LogP contribution >= 0.6 is 23.2 Å². The number of rotatable bonds is 2. The maximum Gasteiger partial charge on any atom is 0.416 e. The van der Waals surface area contributed by atoms with Gasteiger partial charge >= 0.3 is 12.4 Å². The molecule has 1 aromatic carbocycles. The molecule has 1 aliphatic rings. The number of anilines is 1. The fourth-order valence-corrected chi connectivity index (χ4v) is 2.65. The first kappa shape index (κ1) is 18.2. The highest BCUT2D eigenvalue weighted by molar-refractivity contribution is 6.53. The van der Waals surface area contributed by atoms with Crippen molar-refractivity contribution >= 4 is 34.8 Å². The van der Waals surface area contributed by atoms with Gasteiger partial charge in [0.1, 0.15) is 4.33 Å². The summed E-state index contributed by atoms with van der Waals surface area (Å²) >= 11 is 11.5. The van der Waals surface area contributed by atoms with Crippen molar-refractivity contribution in [2.75, 3.05) is 5.32 Å². The first-order valence-corrected chi connectivity index (χ1v) is 6.91. The second-order valence-corrected chi connectivity index (χ2v) is 6.95. The molecule has 0 bridgehead atoms. The van der Waals surface area contributed by atoms with Crippen LogP contribution in [0, 0.1) is 5.41 Å². The number of nitrogens with one attached hydrogen (secondary N) is 1. The summed E-state index contributed by atoms with van der Waals surface area (Å²) in [6, 6.07) is 0.813. The summed E-state index contributed by atoms with van der Waals surface area (Å²) in [7, 11) is 0. The van der Waals surface area contributed by atoms with Gasteiger partial charge in [-0.1, -0.05) is 0 Å². The normalized spacial score (nSPS) is 23.5. The highest BCUT2D eigenvalue weighted by atomic mass is 35.5. The van der Waals surface area contributed by atoms with E-state index in [0.29, 0.717) is 12.1 Å². The average molecular weight is 380 g/mol. The molecule has 1 saturated carbocycles. The Morgan fingerprint density at radius 3 is 1.74 bits per heavy atom. The summed E-state index contributed by atoms with van der Waals surface area (Å²) in [6.07, 6.45) is -9.94. The molecule has 1 atom stereocenters. The summed E-state index contributed by atoms with van der Waals surface area (Å²) in [5.41, 5.74) is -4.95. The van der Waals surface area contributed by atoms with E-state index < -0.39 is 44.8 Å². The van der Waals surface area contributed by atoms with Crippen molar-refractivity contribution in [3.05, 3.63) is 29.3 Å². The van der Waals surface area contributed by atoms with Crippen LogP contribution in [0.5, 0.6) is 0 Å².